The SMILES string of the molecule is Cc1ccc(NC(=S)N2CCN(Cc3ccc(F)c(Cl)c3)CC2)cc1Cl. The molecular formula is C19H20Cl2FN3S. The molecule has 3 nitrogen and oxygen atoms in total. The van der Waals surface area contributed by atoms with Crippen LogP contribution in [0.15, 0.2) is 36.4 Å². The number of hydrogen-bond acceptors (Lipinski definition) is 2. The minimum atomic E-state index is -0.382. The third-order valence-electron chi connectivity index (χ3n) is 4.47. The minimum absolute atomic E-state index is 0.170. The number of rotatable bonds is 3. The van der Waals surface area contributed by atoms with Gasteiger partial charge in [-0.25, -0.2) is 4.39 Å². The van der Waals surface area contributed by atoms with Gasteiger partial charge in [0.25, 0.3) is 0 Å². The smallest absolute Gasteiger partial charge is 0.173 e. The molecule has 0 bridgehead atoms. The second-order valence-electron chi connectivity index (χ2n) is 6.41. The lowest BCUT2D eigenvalue weighted by Gasteiger charge is -2.36. The molecule has 7 heteroatoms. The van der Waals surface area contributed by atoms with E-state index >= 15 is 0 Å². The van der Waals surface area contributed by atoms with Gasteiger partial charge in [0.1, 0.15) is 5.82 Å². The predicted molar refractivity (Wildman–Crippen MR) is 111 cm³/mol. The van der Waals surface area contributed by atoms with E-state index in [2.05, 4.69) is 15.1 Å². The van der Waals surface area contributed by atoms with Crippen LogP contribution in [-0.2, 0) is 6.54 Å². The van der Waals surface area contributed by atoms with Crippen molar-refractivity contribution in [1.29, 1.82) is 0 Å². The normalized spacial score (nSPS) is 15.2. The Morgan fingerprint density at radius 3 is 2.46 bits per heavy atom. The summed E-state index contributed by atoms with van der Waals surface area (Å²) in [5, 5.41) is 4.85. The van der Waals surface area contributed by atoms with Gasteiger partial charge in [-0.1, -0.05) is 35.3 Å². The maximum absolute atomic E-state index is 13.3. The highest BCUT2D eigenvalue weighted by molar-refractivity contribution is 7.80. The van der Waals surface area contributed by atoms with E-state index < -0.39 is 0 Å². The topological polar surface area (TPSA) is 18.5 Å². The van der Waals surface area contributed by atoms with Crippen molar-refractivity contribution in [2.75, 3.05) is 31.5 Å². The molecule has 0 aromatic heterocycles. The largest absolute Gasteiger partial charge is 0.346 e. The quantitative estimate of drug-likeness (QED) is 0.719. The van der Waals surface area contributed by atoms with Crippen molar-refractivity contribution in [3.63, 3.8) is 0 Å². The van der Waals surface area contributed by atoms with E-state index in [1.807, 2.05) is 25.1 Å². The summed E-state index contributed by atoms with van der Waals surface area (Å²) in [5.74, 6) is -0.382. The number of piperazine rings is 1. The number of aryl methyl sites for hydroxylation is 1. The molecule has 1 heterocycles. The first-order valence-corrected chi connectivity index (χ1v) is 9.57. The van der Waals surface area contributed by atoms with E-state index in [1.165, 1.54) is 6.07 Å². The zero-order chi connectivity index (χ0) is 18.7. The zero-order valence-corrected chi connectivity index (χ0v) is 16.8. The third-order valence-corrected chi connectivity index (χ3v) is 5.53. The van der Waals surface area contributed by atoms with E-state index in [1.54, 1.807) is 12.1 Å². The van der Waals surface area contributed by atoms with Gasteiger partial charge in [0, 0.05) is 43.4 Å². The number of halogens is 3. The fourth-order valence-corrected chi connectivity index (χ4v) is 3.56. The molecule has 138 valence electrons. The Hall–Kier alpha value is -1.40. The van der Waals surface area contributed by atoms with Crippen LogP contribution in [-0.4, -0.2) is 41.1 Å². The highest BCUT2D eigenvalue weighted by Crippen LogP contribution is 2.21. The lowest BCUT2D eigenvalue weighted by atomic mass is 10.2. The zero-order valence-electron chi connectivity index (χ0n) is 14.4. The third kappa shape index (κ3) is 4.86. The van der Waals surface area contributed by atoms with Gasteiger partial charge < -0.3 is 10.2 Å². The molecule has 0 unspecified atom stereocenters. The molecule has 2 aromatic rings. The van der Waals surface area contributed by atoms with Crippen molar-refractivity contribution in [2.24, 2.45) is 0 Å². The van der Waals surface area contributed by atoms with E-state index in [-0.39, 0.29) is 10.8 Å². The van der Waals surface area contributed by atoms with Crippen molar-refractivity contribution in [2.45, 2.75) is 13.5 Å². The highest BCUT2D eigenvalue weighted by atomic mass is 35.5. The van der Waals surface area contributed by atoms with Crippen LogP contribution >= 0.6 is 35.4 Å². The van der Waals surface area contributed by atoms with Gasteiger partial charge in [-0.05, 0) is 54.5 Å². The van der Waals surface area contributed by atoms with Crippen LogP contribution in [0.1, 0.15) is 11.1 Å². The number of hydrogen-bond donors (Lipinski definition) is 1. The Bertz CT molecular complexity index is 807. The first-order chi connectivity index (χ1) is 12.4. The molecule has 1 saturated heterocycles. The Labute approximate surface area is 168 Å². The van der Waals surface area contributed by atoms with Gasteiger partial charge in [-0.2, -0.15) is 0 Å². The summed E-state index contributed by atoms with van der Waals surface area (Å²) < 4.78 is 13.3. The number of anilines is 1. The average Bonchev–Trinajstić information content (AvgIpc) is 2.62. The van der Waals surface area contributed by atoms with Crippen LogP contribution < -0.4 is 5.32 Å². The van der Waals surface area contributed by atoms with Crippen LogP contribution in [0.3, 0.4) is 0 Å². The molecule has 1 aliphatic rings. The van der Waals surface area contributed by atoms with Gasteiger partial charge in [-0.3, -0.25) is 4.90 Å². The van der Waals surface area contributed by atoms with Crippen LogP contribution in [0.4, 0.5) is 10.1 Å². The van der Waals surface area contributed by atoms with Crippen LogP contribution in [0.25, 0.3) is 0 Å². The monoisotopic (exact) mass is 411 g/mol. The van der Waals surface area contributed by atoms with Gasteiger partial charge in [0.05, 0.1) is 5.02 Å². The van der Waals surface area contributed by atoms with Gasteiger partial charge >= 0.3 is 0 Å². The average molecular weight is 412 g/mol. The highest BCUT2D eigenvalue weighted by Gasteiger charge is 2.19. The number of nitrogens with zero attached hydrogens (tertiary/aromatic N) is 2. The fourth-order valence-electron chi connectivity index (χ4n) is 2.88. The molecule has 0 radical (unpaired) electrons. The van der Waals surface area contributed by atoms with Crippen molar-refractivity contribution < 1.29 is 4.39 Å². The molecule has 3 rings (SSSR count). The number of benzene rings is 2. The summed E-state index contributed by atoms with van der Waals surface area (Å²) in [7, 11) is 0. The van der Waals surface area contributed by atoms with E-state index in [0.29, 0.717) is 5.11 Å². The van der Waals surface area contributed by atoms with Crippen molar-refractivity contribution in [3.05, 3.63) is 63.4 Å². The molecule has 1 fully saturated rings. The molecule has 26 heavy (non-hydrogen) atoms. The van der Waals surface area contributed by atoms with Gasteiger partial charge in [0.15, 0.2) is 5.11 Å². The molecule has 2 aromatic carbocycles. The summed E-state index contributed by atoms with van der Waals surface area (Å²) in [6.45, 7) is 6.15. The summed E-state index contributed by atoms with van der Waals surface area (Å²) in [6.07, 6.45) is 0. The van der Waals surface area contributed by atoms with Gasteiger partial charge in [0.2, 0.25) is 0 Å². The van der Waals surface area contributed by atoms with Crippen molar-refractivity contribution in [3.8, 4) is 0 Å². The molecule has 1 N–H and O–H groups in total. The lowest BCUT2D eigenvalue weighted by molar-refractivity contribution is 0.177. The maximum Gasteiger partial charge on any atom is 0.173 e. The first-order valence-electron chi connectivity index (χ1n) is 8.41. The van der Waals surface area contributed by atoms with Crippen molar-refractivity contribution >= 4 is 46.2 Å². The van der Waals surface area contributed by atoms with E-state index in [0.717, 1.165) is 54.6 Å². The van der Waals surface area contributed by atoms with Crippen LogP contribution in [0, 0.1) is 12.7 Å². The van der Waals surface area contributed by atoms with E-state index in [9.17, 15) is 4.39 Å². The molecule has 0 atom stereocenters. The standard InChI is InChI=1S/C19H20Cl2FN3S/c1-13-2-4-15(11-16(13)20)23-19(26)25-8-6-24(7-9-25)12-14-3-5-18(22)17(21)10-14/h2-5,10-11H,6-9,12H2,1H3,(H,23,26). The van der Waals surface area contributed by atoms with Crippen molar-refractivity contribution in [1.82, 2.24) is 9.80 Å². The first kappa shape index (κ1) is 19.4. The Morgan fingerprint density at radius 1 is 1.08 bits per heavy atom. The minimum Gasteiger partial charge on any atom is -0.346 e. The second-order valence-corrected chi connectivity index (χ2v) is 7.61. The molecule has 0 spiro atoms. The number of thiocarbonyl (C=S) groups is 1. The number of nitrogens with one attached hydrogen (secondary N) is 1. The molecule has 0 amide bonds. The molecule has 1 aliphatic heterocycles. The fraction of sp³-hybridized carbons (Fsp3) is 0.316. The molecule has 0 saturated carbocycles. The van der Waals surface area contributed by atoms with Crippen LogP contribution in [0.5, 0.6) is 0 Å². The maximum atomic E-state index is 13.3. The Kier molecular flexibility index (Phi) is 6.35. The predicted octanol–water partition coefficient (Wildman–Crippen LogP) is 4.96. The summed E-state index contributed by atoms with van der Waals surface area (Å²) >= 11 is 17.5. The second kappa shape index (κ2) is 8.53. The molecular weight excluding hydrogens is 392 g/mol. The lowest BCUT2D eigenvalue weighted by Crippen LogP contribution is -2.49. The summed E-state index contributed by atoms with van der Waals surface area (Å²) in [4.78, 5) is 4.46. The van der Waals surface area contributed by atoms with E-state index in [4.69, 9.17) is 35.4 Å². The van der Waals surface area contributed by atoms with Gasteiger partial charge in [-0.15, -0.1) is 0 Å². The Morgan fingerprint density at radius 2 is 1.81 bits per heavy atom. The van der Waals surface area contributed by atoms with Crippen LogP contribution in [0.2, 0.25) is 10.0 Å². The molecule has 0 aliphatic carbocycles. The Balaban J connectivity index is 1.51. The summed E-state index contributed by atoms with van der Waals surface area (Å²) in [5.41, 5.74) is 2.95. The summed E-state index contributed by atoms with van der Waals surface area (Å²) in [6, 6.07) is 10.7.